The maximum Gasteiger partial charge on any atom is 0.229 e. The molecule has 0 spiro atoms. The molecule has 0 radical (unpaired) electrons. The van der Waals surface area contributed by atoms with Gasteiger partial charge in [0, 0.05) is 37.7 Å². The second kappa shape index (κ2) is 6.44. The van der Waals surface area contributed by atoms with Gasteiger partial charge in [0.1, 0.15) is 5.69 Å². The fourth-order valence-electron chi connectivity index (χ4n) is 1.83. The summed E-state index contributed by atoms with van der Waals surface area (Å²) in [5.41, 5.74) is 0.642. The van der Waals surface area contributed by atoms with Crippen molar-refractivity contribution in [1.29, 1.82) is 0 Å². The first kappa shape index (κ1) is 14.3. The molecule has 112 valence electrons. The molecule has 0 N–H and O–H groups in total. The number of amides is 1. The zero-order valence-corrected chi connectivity index (χ0v) is 12.7. The summed E-state index contributed by atoms with van der Waals surface area (Å²) in [6, 6.07) is 5.47. The zero-order valence-electron chi connectivity index (χ0n) is 11.8. The standard InChI is InChI=1S/C14H13N5O2S/c1-19(14-16-8-9-22-14)12(20)6-5-11-17-13(18-21-11)10-4-2-3-7-15-10/h2-4,7-9H,5-6H2,1H3. The Morgan fingerprint density at radius 3 is 2.95 bits per heavy atom. The topological polar surface area (TPSA) is 85.0 Å². The van der Waals surface area contributed by atoms with Crippen LogP contribution in [0.15, 0.2) is 40.5 Å². The summed E-state index contributed by atoms with van der Waals surface area (Å²) in [5, 5.41) is 6.38. The lowest BCUT2D eigenvalue weighted by atomic mass is 10.3. The van der Waals surface area contributed by atoms with Gasteiger partial charge < -0.3 is 4.52 Å². The normalized spacial score (nSPS) is 10.6. The highest BCUT2D eigenvalue weighted by Crippen LogP contribution is 2.17. The van der Waals surface area contributed by atoms with Crippen molar-refractivity contribution in [2.24, 2.45) is 0 Å². The van der Waals surface area contributed by atoms with Crippen molar-refractivity contribution >= 4 is 22.4 Å². The number of hydrogen-bond donors (Lipinski definition) is 0. The summed E-state index contributed by atoms with van der Waals surface area (Å²) in [6.45, 7) is 0. The fourth-order valence-corrected chi connectivity index (χ4v) is 2.45. The molecule has 3 aromatic heterocycles. The predicted octanol–water partition coefficient (Wildman–Crippen LogP) is 2.18. The first-order valence-electron chi connectivity index (χ1n) is 6.64. The number of carbonyl (C=O) groups is 1. The Morgan fingerprint density at radius 2 is 2.23 bits per heavy atom. The molecule has 0 fully saturated rings. The van der Waals surface area contributed by atoms with Crippen LogP contribution in [0.3, 0.4) is 0 Å². The van der Waals surface area contributed by atoms with Crippen LogP contribution < -0.4 is 4.90 Å². The largest absolute Gasteiger partial charge is 0.339 e. The number of nitrogens with zero attached hydrogens (tertiary/aromatic N) is 5. The number of rotatable bonds is 5. The number of aromatic nitrogens is 4. The molecule has 0 aliphatic heterocycles. The van der Waals surface area contributed by atoms with Gasteiger partial charge in [0.15, 0.2) is 5.13 Å². The van der Waals surface area contributed by atoms with Crippen molar-refractivity contribution in [3.05, 3.63) is 41.9 Å². The first-order valence-corrected chi connectivity index (χ1v) is 7.52. The van der Waals surface area contributed by atoms with Gasteiger partial charge in [-0.15, -0.1) is 11.3 Å². The average molecular weight is 315 g/mol. The third-order valence-electron chi connectivity index (χ3n) is 3.00. The second-order valence-corrected chi connectivity index (χ2v) is 5.37. The molecule has 0 bridgehead atoms. The first-order chi connectivity index (χ1) is 10.7. The third-order valence-corrected chi connectivity index (χ3v) is 3.84. The molecule has 0 unspecified atom stereocenters. The molecule has 1 amide bonds. The molecule has 8 heteroatoms. The van der Waals surface area contributed by atoms with E-state index in [0.29, 0.717) is 29.0 Å². The molecule has 0 saturated heterocycles. The van der Waals surface area contributed by atoms with Crippen LogP contribution >= 0.6 is 11.3 Å². The summed E-state index contributed by atoms with van der Waals surface area (Å²) < 4.78 is 5.16. The predicted molar refractivity (Wildman–Crippen MR) is 81.4 cm³/mol. The lowest BCUT2D eigenvalue weighted by molar-refractivity contribution is -0.118. The molecular formula is C14H13N5O2S. The van der Waals surface area contributed by atoms with Gasteiger partial charge in [0.2, 0.25) is 17.6 Å². The Balaban J connectivity index is 1.60. The van der Waals surface area contributed by atoms with E-state index in [1.165, 1.54) is 16.2 Å². The maximum atomic E-state index is 12.1. The van der Waals surface area contributed by atoms with Crippen LogP contribution in [-0.4, -0.2) is 33.1 Å². The summed E-state index contributed by atoms with van der Waals surface area (Å²) in [5.74, 6) is 0.797. The monoisotopic (exact) mass is 315 g/mol. The molecule has 7 nitrogen and oxygen atoms in total. The number of pyridine rings is 1. The van der Waals surface area contributed by atoms with Crippen LogP contribution in [0.4, 0.5) is 5.13 Å². The molecular weight excluding hydrogens is 302 g/mol. The summed E-state index contributed by atoms with van der Waals surface area (Å²) in [4.78, 5) is 26.1. The third kappa shape index (κ3) is 3.17. The Hall–Kier alpha value is -2.61. The smallest absolute Gasteiger partial charge is 0.229 e. The minimum Gasteiger partial charge on any atom is -0.339 e. The van der Waals surface area contributed by atoms with Gasteiger partial charge in [-0.05, 0) is 12.1 Å². The van der Waals surface area contributed by atoms with Gasteiger partial charge in [0.25, 0.3) is 0 Å². The van der Waals surface area contributed by atoms with Gasteiger partial charge >= 0.3 is 0 Å². The minimum absolute atomic E-state index is 0.0486. The van der Waals surface area contributed by atoms with Crippen LogP contribution in [0.5, 0.6) is 0 Å². The molecule has 3 aromatic rings. The number of carbonyl (C=O) groups excluding carboxylic acids is 1. The van der Waals surface area contributed by atoms with E-state index in [0.717, 1.165) is 0 Å². The van der Waals surface area contributed by atoms with Crippen molar-refractivity contribution in [3.8, 4) is 11.5 Å². The molecule has 0 aliphatic rings. The van der Waals surface area contributed by atoms with Gasteiger partial charge in [-0.1, -0.05) is 11.2 Å². The number of hydrogen-bond acceptors (Lipinski definition) is 7. The van der Waals surface area contributed by atoms with Gasteiger partial charge in [-0.25, -0.2) is 4.98 Å². The quantitative estimate of drug-likeness (QED) is 0.717. The Bertz CT molecular complexity index is 742. The van der Waals surface area contributed by atoms with Crippen molar-refractivity contribution in [3.63, 3.8) is 0 Å². The number of thiazole rings is 1. The van der Waals surface area contributed by atoms with Crippen molar-refractivity contribution in [1.82, 2.24) is 20.1 Å². The minimum atomic E-state index is -0.0486. The summed E-state index contributed by atoms with van der Waals surface area (Å²) in [6.07, 6.45) is 3.99. The molecule has 3 heterocycles. The fraction of sp³-hybridized carbons (Fsp3) is 0.214. The number of aryl methyl sites for hydroxylation is 1. The Kier molecular flexibility index (Phi) is 4.19. The van der Waals surface area contributed by atoms with E-state index in [9.17, 15) is 4.79 Å². The Labute approximate surface area is 130 Å². The maximum absolute atomic E-state index is 12.1. The van der Waals surface area contributed by atoms with E-state index in [4.69, 9.17) is 4.52 Å². The molecule has 0 saturated carbocycles. The summed E-state index contributed by atoms with van der Waals surface area (Å²) >= 11 is 1.42. The van der Waals surface area contributed by atoms with Crippen LogP contribution in [0.2, 0.25) is 0 Å². The lowest BCUT2D eigenvalue weighted by Crippen LogP contribution is -2.26. The lowest BCUT2D eigenvalue weighted by Gasteiger charge is -2.12. The highest BCUT2D eigenvalue weighted by Gasteiger charge is 2.15. The van der Waals surface area contributed by atoms with E-state index in [2.05, 4.69) is 20.1 Å². The van der Waals surface area contributed by atoms with E-state index < -0.39 is 0 Å². The van der Waals surface area contributed by atoms with Gasteiger partial charge in [-0.3, -0.25) is 14.7 Å². The van der Waals surface area contributed by atoms with E-state index in [-0.39, 0.29) is 12.3 Å². The highest BCUT2D eigenvalue weighted by atomic mass is 32.1. The zero-order chi connectivity index (χ0) is 15.4. The van der Waals surface area contributed by atoms with E-state index >= 15 is 0 Å². The molecule has 0 atom stereocenters. The molecule has 0 aromatic carbocycles. The van der Waals surface area contributed by atoms with Crippen LogP contribution in [0.25, 0.3) is 11.5 Å². The van der Waals surface area contributed by atoms with Gasteiger partial charge in [-0.2, -0.15) is 4.98 Å². The van der Waals surface area contributed by atoms with Crippen LogP contribution in [-0.2, 0) is 11.2 Å². The second-order valence-electron chi connectivity index (χ2n) is 4.49. The Morgan fingerprint density at radius 1 is 1.32 bits per heavy atom. The molecule has 0 aliphatic carbocycles. The van der Waals surface area contributed by atoms with Crippen LogP contribution in [0.1, 0.15) is 12.3 Å². The van der Waals surface area contributed by atoms with E-state index in [1.807, 2.05) is 17.5 Å². The van der Waals surface area contributed by atoms with Gasteiger partial charge in [0.05, 0.1) is 0 Å². The summed E-state index contributed by atoms with van der Waals surface area (Å²) in [7, 11) is 1.70. The SMILES string of the molecule is CN(C(=O)CCc1nc(-c2ccccn2)no1)c1nccs1. The number of anilines is 1. The average Bonchev–Trinajstić information content (AvgIpc) is 3.24. The molecule has 22 heavy (non-hydrogen) atoms. The highest BCUT2D eigenvalue weighted by molar-refractivity contribution is 7.13. The van der Waals surface area contributed by atoms with Crippen molar-refractivity contribution < 1.29 is 9.32 Å². The van der Waals surface area contributed by atoms with Crippen molar-refractivity contribution in [2.75, 3.05) is 11.9 Å². The molecule has 3 rings (SSSR count). The van der Waals surface area contributed by atoms with E-state index in [1.54, 1.807) is 25.5 Å². The van der Waals surface area contributed by atoms with Crippen molar-refractivity contribution in [2.45, 2.75) is 12.8 Å². The van der Waals surface area contributed by atoms with Crippen LogP contribution in [0, 0.1) is 0 Å².